The van der Waals surface area contributed by atoms with Crippen LogP contribution in [0.3, 0.4) is 0 Å². The third-order valence-corrected chi connectivity index (χ3v) is 4.42. The summed E-state index contributed by atoms with van der Waals surface area (Å²) in [6.45, 7) is 0. The molecule has 1 fully saturated rings. The van der Waals surface area contributed by atoms with Gasteiger partial charge < -0.3 is 5.32 Å². The van der Waals surface area contributed by atoms with Crippen molar-refractivity contribution in [2.75, 3.05) is 0 Å². The molecule has 21 heavy (non-hydrogen) atoms. The predicted molar refractivity (Wildman–Crippen MR) is 85.8 cm³/mol. The lowest BCUT2D eigenvalue weighted by molar-refractivity contribution is -0.122. The predicted octanol–water partition coefficient (Wildman–Crippen LogP) is 3.58. The van der Waals surface area contributed by atoms with E-state index in [0.717, 1.165) is 29.3 Å². The van der Waals surface area contributed by atoms with E-state index in [-0.39, 0.29) is 11.4 Å². The second-order valence-electron chi connectivity index (χ2n) is 5.50. The zero-order valence-electron chi connectivity index (χ0n) is 11.7. The second kappa shape index (κ2) is 5.98. The number of benzene rings is 1. The van der Waals surface area contributed by atoms with Crippen LogP contribution in [0.2, 0.25) is 0 Å². The minimum atomic E-state index is -0.132. The molecule has 4 heteroatoms. The maximum absolute atomic E-state index is 12.2. The molecule has 0 radical (unpaired) electrons. The van der Waals surface area contributed by atoms with Crippen molar-refractivity contribution < 1.29 is 4.79 Å². The molecule has 0 spiro atoms. The van der Waals surface area contributed by atoms with Crippen LogP contribution in [0.15, 0.2) is 53.3 Å². The van der Waals surface area contributed by atoms with E-state index in [1.54, 1.807) is 6.20 Å². The fourth-order valence-electron chi connectivity index (χ4n) is 2.51. The molecule has 0 aliphatic heterocycles. The van der Waals surface area contributed by atoms with Gasteiger partial charge in [0.05, 0.1) is 5.54 Å². The summed E-state index contributed by atoms with van der Waals surface area (Å²) in [6, 6.07) is 12.1. The molecule has 0 unspecified atom stereocenters. The number of nitrogens with zero attached hydrogens (tertiary/aromatic N) is 1. The molecule has 0 atom stereocenters. The van der Waals surface area contributed by atoms with Crippen LogP contribution in [0.4, 0.5) is 0 Å². The van der Waals surface area contributed by atoms with Gasteiger partial charge >= 0.3 is 0 Å². The quantitative estimate of drug-likeness (QED) is 0.900. The van der Waals surface area contributed by atoms with E-state index >= 15 is 0 Å². The average molecular weight is 345 g/mol. The molecule has 2 aromatic rings. The van der Waals surface area contributed by atoms with Crippen LogP contribution in [-0.2, 0) is 16.8 Å². The first-order valence-corrected chi connectivity index (χ1v) is 7.93. The van der Waals surface area contributed by atoms with Gasteiger partial charge in [-0.3, -0.25) is 9.78 Å². The van der Waals surface area contributed by atoms with Crippen molar-refractivity contribution >= 4 is 21.8 Å². The number of rotatable bonds is 5. The summed E-state index contributed by atoms with van der Waals surface area (Å²) in [7, 11) is 0. The fraction of sp³-hybridized carbons (Fsp3) is 0.294. The third kappa shape index (κ3) is 3.50. The molecule has 1 N–H and O–H groups in total. The standard InChI is InChI=1S/C17H17BrN2O/c18-15-6-4-14(5-7-15)17(9-10-17)20-16(21)8-3-13-2-1-11-19-12-13/h1-2,4-7,11-12H,3,8-10H2,(H,20,21). The van der Waals surface area contributed by atoms with Gasteiger partial charge in [-0.25, -0.2) is 0 Å². The second-order valence-corrected chi connectivity index (χ2v) is 6.41. The Hall–Kier alpha value is -1.68. The number of nitrogens with one attached hydrogen (secondary N) is 1. The fourth-order valence-corrected chi connectivity index (χ4v) is 2.78. The molecule has 0 bridgehead atoms. The van der Waals surface area contributed by atoms with Crippen LogP contribution in [-0.4, -0.2) is 10.9 Å². The number of halogens is 1. The molecular weight excluding hydrogens is 328 g/mol. The molecule has 1 amide bonds. The summed E-state index contributed by atoms with van der Waals surface area (Å²) < 4.78 is 1.06. The van der Waals surface area contributed by atoms with Crippen LogP contribution in [0.1, 0.15) is 30.4 Å². The van der Waals surface area contributed by atoms with Crippen LogP contribution in [0, 0.1) is 0 Å². The minimum Gasteiger partial charge on any atom is -0.347 e. The maximum atomic E-state index is 12.2. The zero-order chi connectivity index (χ0) is 14.7. The van der Waals surface area contributed by atoms with Gasteiger partial charge in [0.15, 0.2) is 0 Å². The molecule has 0 saturated heterocycles. The first kappa shape index (κ1) is 14.3. The highest BCUT2D eigenvalue weighted by Gasteiger charge is 2.45. The Morgan fingerprint density at radius 1 is 1.24 bits per heavy atom. The van der Waals surface area contributed by atoms with Crippen molar-refractivity contribution in [2.24, 2.45) is 0 Å². The molecule has 3 rings (SSSR count). The lowest BCUT2D eigenvalue weighted by Crippen LogP contribution is -2.34. The molecule has 1 heterocycles. The number of pyridine rings is 1. The number of hydrogen-bond acceptors (Lipinski definition) is 2. The van der Waals surface area contributed by atoms with Crippen LogP contribution >= 0.6 is 15.9 Å². The molecule has 108 valence electrons. The Morgan fingerprint density at radius 3 is 2.62 bits per heavy atom. The Bertz CT molecular complexity index is 621. The highest BCUT2D eigenvalue weighted by atomic mass is 79.9. The number of carbonyl (C=O) groups is 1. The van der Waals surface area contributed by atoms with E-state index in [1.807, 2.05) is 30.5 Å². The molecule has 1 aromatic carbocycles. The molecule has 1 aromatic heterocycles. The number of carbonyl (C=O) groups excluding carboxylic acids is 1. The maximum Gasteiger partial charge on any atom is 0.221 e. The minimum absolute atomic E-state index is 0.110. The number of amides is 1. The number of hydrogen-bond donors (Lipinski definition) is 1. The highest BCUT2D eigenvalue weighted by molar-refractivity contribution is 9.10. The van der Waals surface area contributed by atoms with E-state index in [1.165, 1.54) is 5.56 Å². The van der Waals surface area contributed by atoms with Gasteiger partial charge in [0, 0.05) is 23.3 Å². The summed E-state index contributed by atoms with van der Waals surface area (Å²) in [4.78, 5) is 16.2. The van der Waals surface area contributed by atoms with Gasteiger partial charge in [-0.05, 0) is 48.6 Å². The van der Waals surface area contributed by atoms with E-state index in [0.29, 0.717) is 6.42 Å². The summed E-state index contributed by atoms with van der Waals surface area (Å²) in [5.74, 6) is 0.110. The Kier molecular flexibility index (Phi) is 4.06. The number of aromatic nitrogens is 1. The van der Waals surface area contributed by atoms with Crippen LogP contribution in [0.5, 0.6) is 0 Å². The highest BCUT2D eigenvalue weighted by Crippen LogP contribution is 2.45. The number of aryl methyl sites for hydroxylation is 1. The Balaban J connectivity index is 1.58. The molecule has 3 nitrogen and oxygen atoms in total. The smallest absolute Gasteiger partial charge is 0.221 e. The van der Waals surface area contributed by atoms with Gasteiger partial charge in [0.2, 0.25) is 5.91 Å². The topological polar surface area (TPSA) is 42.0 Å². The van der Waals surface area contributed by atoms with E-state index in [9.17, 15) is 4.79 Å². The van der Waals surface area contributed by atoms with Crippen molar-refractivity contribution in [2.45, 2.75) is 31.2 Å². The Morgan fingerprint density at radius 2 is 2.00 bits per heavy atom. The van der Waals surface area contributed by atoms with Crippen molar-refractivity contribution in [1.82, 2.24) is 10.3 Å². The van der Waals surface area contributed by atoms with Gasteiger partial charge in [0.1, 0.15) is 0 Å². The molecule has 1 aliphatic rings. The van der Waals surface area contributed by atoms with Gasteiger partial charge in [-0.1, -0.05) is 34.1 Å². The Labute approximate surface area is 132 Å². The van der Waals surface area contributed by atoms with Crippen molar-refractivity contribution in [3.05, 3.63) is 64.4 Å². The molecular formula is C17H17BrN2O. The van der Waals surface area contributed by atoms with Crippen molar-refractivity contribution in [3.8, 4) is 0 Å². The normalized spacial score (nSPS) is 15.5. The lowest BCUT2D eigenvalue weighted by Gasteiger charge is -2.18. The van der Waals surface area contributed by atoms with Crippen molar-refractivity contribution in [1.29, 1.82) is 0 Å². The molecule has 1 saturated carbocycles. The van der Waals surface area contributed by atoms with Crippen LogP contribution in [0.25, 0.3) is 0 Å². The first-order chi connectivity index (χ1) is 10.2. The summed E-state index contributed by atoms with van der Waals surface area (Å²) in [6.07, 6.45) is 6.84. The van der Waals surface area contributed by atoms with E-state index < -0.39 is 0 Å². The first-order valence-electron chi connectivity index (χ1n) is 7.14. The average Bonchev–Trinajstić information content (AvgIpc) is 3.27. The largest absolute Gasteiger partial charge is 0.347 e. The third-order valence-electron chi connectivity index (χ3n) is 3.89. The summed E-state index contributed by atoms with van der Waals surface area (Å²) in [5.41, 5.74) is 2.16. The monoisotopic (exact) mass is 344 g/mol. The van der Waals surface area contributed by atoms with Gasteiger partial charge in [0.25, 0.3) is 0 Å². The van der Waals surface area contributed by atoms with Crippen LogP contribution < -0.4 is 5.32 Å². The van der Waals surface area contributed by atoms with Gasteiger partial charge in [-0.15, -0.1) is 0 Å². The molecule has 1 aliphatic carbocycles. The van der Waals surface area contributed by atoms with Crippen molar-refractivity contribution in [3.63, 3.8) is 0 Å². The van der Waals surface area contributed by atoms with Gasteiger partial charge in [-0.2, -0.15) is 0 Å². The zero-order valence-corrected chi connectivity index (χ0v) is 13.3. The lowest BCUT2D eigenvalue weighted by atomic mass is 10.0. The summed E-state index contributed by atoms with van der Waals surface area (Å²) in [5, 5.41) is 3.20. The summed E-state index contributed by atoms with van der Waals surface area (Å²) >= 11 is 3.44. The van der Waals surface area contributed by atoms with E-state index in [4.69, 9.17) is 0 Å². The van der Waals surface area contributed by atoms with E-state index in [2.05, 4.69) is 38.4 Å². The SMILES string of the molecule is O=C(CCc1cccnc1)NC1(c2ccc(Br)cc2)CC1.